The number of hydrogen-bond donors (Lipinski definition) is 0. The molecule has 0 fully saturated rings. The van der Waals surface area contributed by atoms with E-state index in [-0.39, 0.29) is 24.8 Å². The Kier molecular flexibility index (Phi) is 12.9. The molecule has 0 N–H and O–H groups in total. The summed E-state index contributed by atoms with van der Waals surface area (Å²) in [5.41, 5.74) is 0.804. The molecule has 3 heteroatoms. The van der Waals surface area contributed by atoms with Crippen molar-refractivity contribution in [3.8, 4) is 0 Å². The van der Waals surface area contributed by atoms with Crippen LogP contribution >= 0.6 is 0 Å². The van der Waals surface area contributed by atoms with Crippen LogP contribution in [0, 0.1) is 22.7 Å². The van der Waals surface area contributed by atoms with Gasteiger partial charge in [0, 0.05) is 0 Å². The maximum atomic E-state index is 2.65. The number of hydrogen-bond acceptors (Lipinski definition) is 0. The second-order valence-corrected chi connectivity index (χ2v) is 15.2. The maximum Gasteiger partial charge on any atom is -1.00 e. The minimum atomic E-state index is -0.926. The zero-order valence-electron chi connectivity index (χ0n) is 21.3. The Morgan fingerprint density at radius 3 is 1.03 bits per heavy atom. The van der Waals surface area contributed by atoms with E-state index in [9.17, 15) is 0 Å². The maximum absolute atomic E-state index is 2.65. The molecule has 0 radical (unpaired) electrons. The van der Waals surface area contributed by atoms with Gasteiger partial charge in [0.25, 0.3) is 0 Å². The third-order valence-corrected chi connectivity index (χ3v) is 14.4. The summed E-state index contributed by atoms with van der Waals surface area (Å²) in [5, 5.41) is 0. The van der Waals surface area contributed by atoms with Crippen LogP contribution in [0.25, 0.3) is 0 Å². The number of rotatable bonds is 12. The van der Waals surface area contributed by atoms with Crippen LogP contribution in [0.15, 0.2) is 48.6 Å². The normalized spacial score (nSPS) is 18.4. The molecule has 0 aromatic heterocycles. The Hall–Kier alpha value is 0.423. The van der Waals surface area contributed by atoms with Crippen molar-refractivity contribution in [1.29, 1.82) is 0 Å². The van der Waals surface area contributed by atoms with Gasteiger partial charge in [-0.2, -0.15) is 0 Å². The van der Waals surface area contributed by atoms with Crippen molar-refractivity contribution in [2.24, 2.45) is 22.7 Å². The van der Waals surface area contributed by atoms with Gasteiger partial charge in [-0.3, -0.25) is 0 Å². The topological polar surface area (TPSA) is 0 Å². The van der Waals surface area contributed by atoms with Crippen molar-refractivity contribution >= 4 is 0 Å². The summed E-state index contributed by atoms with van der Waals surface area (Å²) in [7, 11) is 0. The quantitative estimate of drug-likeness (QED) is 0.354. The molecule has 2 aliphatic rings. The van der Waals surface area contributed by atoms with Crippen molar-refractivity contribution in [2.45, 2.75) is 100 Å². The van der Waals surface area contributed by atoms with E-state index in [0.29, 0.717) is 17.1 Å². The molecule has 0 saturated carbocycles. The van der Waals surface area contributed by atoms with Gasteiger partial charge in [-0.25, -0.2) is 0 Å². The Bertz CT molecular complexity index is 566. The van der Waals surface area contributed by atoms with Gasteiger partial charge < -0.3 is 24.8 Å². The molecule has 0 aliphatic heterocycles. The van der Waals surface area contributed by atoms with E-state index in [4.69, 9.17) is 0 Å². The third-order valence-electron chi connectivity index (χ3n) is 8.13. The molecule has 0 atom stereocenters. The van der Waals surface area contributed by atoms with Crippen LogP contribution in [-0.2, 0) is 23.2 Å². The third kappa shape index (κ3) is 5.92. The van der Waals surface area contributed by atoms with Crippen LogP contribution in [0.5, 0.6) is 0 Å². The average molecular weight is 545 g/mol. The Morgan fingerprint density at radius 2 is 0.839 bits per heavy atom. The van der Waals surface area contributed by atoms with E-state index in [0.717, 1.165) is 11.8 Å². The standard InChI is InChI=1S/2C14H23.2ClH.Zr/c2*1-5-14(6-2,11-12(3)4)13-9-7-8-10-13;;;/h2*7-10,12H,5-6,11H2,1-4H3;2*1H;/q;;;;+2/p-2. The molecule has 0 unspecified atom stereocenters. The molecule has 0 amide bonds. The first-order valence-electron chi connectivity index (χ1n) is 12.2. The molecule has 0 aromatic carbocycles. The van der Waals surface area contributed by atoms with Gasteiger partial charge in [-0.05, 0) is 0 Å². The van der Waals surface area contributed by atoms with Gasteiger partial charge >= 0.3 is 195 Å². The van der Waals surface area contributed by atoms with Crippen LogP contribution in [0.1, 0.15) is 93.9 Å². The molecule has 0 heterocycles. The SMILES string of the molecule is CCC(CC)(CC(C)C)[C]1([Zr+2][C]2(C(CC)(CC)CC(C)C)C=CC=C2)C=CC=C1.[Cl-].[Cl-]. The first-order chi connectivity index (χ1) is 13.7. The summed E-state index contributed by atoms with van der Waals surface area (Å²) in [6.45, 7) is 19.5. The van der Waals surface area contributed by atoms with Crippen LogP contribution in [0.3, 0.4) is 0 Å². The molecule has 0 aromatic rings. The summed E-state index contributed by atoms with van der Waals surface area (Å²) in [6.07, 6.45) is 28.0. The van der Waals surface area contributed by atoms with E-state index in [1.165, 1.54) is 38.5 Å². The van der Waals surface area contributed by atoms with Gasteiger partial charge in [0.2, 0.25) is 0 Å². The zero-order chi connectivity index (χ0) is 21.8. The smallest absolute Gasteiger partial charge is 1.00 e. The van der Waals surface area contributed by atoms with Gasteiger partial charge in [-0.15, -0.1) is 0 Å². The van der Waals surface area contributed by atoms with Crippen molar-refractivity contribution in [2.75, 3.05) is 0 Å². The molecular weight excluding hydrogens is 498 g/mol. The van der Waals surface area contributed by atoms with Crippen molar-refractivity contribution in [1.82, 2.24) is 0 Å². The van der Waals surface area contributed by atoms with Crippen molar-refractivity contribution in [3.05, 3.63) is 48.6 Å². The van der Waals surface area contributed by atoms with Crippen LogP contribution in [0.2, 0.25) is 6.25 Å². The molecular formula is C28H46Cl2Zr. The summed E-state index contributed by atoms with van der Waals surface area (Å²) in [6, 6.07) is 0. The summed E-state index contributed by atoms with van der Waals surface area (Å²) in [4.78, 5) is 0. The zero-order valence-corrected chi connectivity index (χ0v) is 25.2. The fourth-order valence-corrected chi connectivity index (χ4v) is 13.6. The van der Waals surface area contributed by atoms with Gasteiger partial charge in [-0.1, -0.05) is 0 Å². The van der Waals surface area contributed by atoms with Crippen molar-refractivity contribution in [3.63, 3.8) is 0 Å². The van der Waals surface area contributed by atoms with E-state index in [2.05, 4.69) is 104 Å². The molecule has 176 valence electrons. The minimum absolute atomic E-state index is 0. The average Bonchev–Trinajstić information content (AvgIpc) is 3.35. The van der Waals surface area contributed by atoms with Crippen LogP contribution < -0.4 is 24.8 Å². The number of halogens is 2. The summed E-state index contributed by atoms with van der Waals surface area (Å²) >= 11 is -0.926. The Labute approximate surface area is 218 Å². The minimum Gasteiger partial charge on any atom is -1.00 e. The second-order valence-electron chi connectivity index (χ2n) is 10.5. The van der Waals surface area contributed by atoms with Crippen LogP contribution in [0.4, 0.5) is 0 Å². The molecule has 2 aliphatic carbocycles. The second kappa shape index (κ2) is 12.8. The van der Waals surface area contributed by atoms with E-state index in [1.807, 2.05) is 0 Å². The van der Waals surface area contributed by atoms with Gasteiger partial charge in [0.1, 0.15) is 0 Å². The molecule has 0 saturated heterocycles. The summed E-state index contributed by atoms with van der Waals surface area (Å²) < 4.78 is 0.630. The molecule has 2 rings (SSSR count). The Balaban J connectivity index is 0.00000450. The summed E-state index contributed by atoms with van der Waals surface area (Å²) in [5.74, 6) is 1.49. The molecule has 0 nitrogen and oxygen atoms in total. The van der Waals surface area contributed by atoms with Gasteiger partial charge in [0.05, 0.1) is 0 Å². The fraction of sp³-hybridized carbons (Fsp3) is 0.714. The first-order valence-corrected chi connectivity index (χ1v) is 14.7. The van der Waals surface area contributed by atoms with E-state index in [1.54, 1.807) is 0 Å². The van der Waals surface area contributed by atoms with Crippen LogP contribution in [-0.4, -0.2) is 0 Å². The molecule has 31 heavy (non-hydrogen) atoms. The first kappa shape index (κ1) is 31.4. The van der Waals surface area contributed by atoms with Gasteiger partial charge in [0.15, 0.2) is 0 Å². The molecule has 0 bridgehead atoms. The largest absolute Gasteiger partial charge is 1.00 e. The molecule has 0 spiro atoms. The number of allylic oxidation sites excluding steroid dienone is 8. The van der Waals surface area contributed by atoms with Crippen molar-refractivity contribution < 1.29 is 48.0 Å². The fourth-order valence-electron chi connectivity index (χ4n) is 6.57. The Morgan fingerprint density at radius 1 is 0.581 bits per heavy atom. The predicted molar refractivity (Wildman–Crippen MR) is 127 cm³/mol. The monoisotopic (exact) mass is 542 g/mol. The van der Waals surface area contributed by atoms with E-state index < -0.39 is 23.2 Å². The van der Waals surface area contributed by atoms with E-state index >= 15 is 0 Å². The predicted octanol–water partition coefficient (Wildman–Crippen LogP) is 3.35.